The Labute approximate surface area is 162 Å². The van der Waals surface area contributed by atoms with Crippen molar-refractivity contribution in [3.05, 3.63) is 83.2 Å². The lowest BCUT2D eigenvalue weighted by molar-refractivity contribution is 0.0600. The van der Waals surface area contributed by atoms with Crippen molar-refractivity contribution in [1.82, 2.24) is 9.97 Å². The Hall–Kier alpha value is -3.74. The van der Waals surface area contributed by atoms with Gasteiger partial charge in [-0.05, 0) is 36.8 Å². The van der Waals surface area contributed by atoms with Crippen molar-refractivity contribution < 1.29 is 14.3 Å². The molecular weight excluding hydrogens is 356 g/mol. The molecule has 1 amide bonds. The molecule has 0 unspecified atom stereocenters. The average molecular weight is 376 g/mol. The zero-order chi connectivity index (χ0) is 19.9. The van der Waals surface area contributed by atoms with Crippen LogP contribution in [0.2, 0.25) is 0 Å². The first-order chi connectivity index (χ1) is 13.5. The summed E-state index contributed by atoms with van der Waals surface area (Å²) in [6, 6.07) is 14.6. The molecule has 1 aromatic heterocycles. The Morgan fingerprint density at radius 1 is 1.00 bits per heavy atom. The van der Waals surface area contributed by atoms with E-state index in [1.165, 1.54) is 25.1 Å². The Kier molecular flexibility index (Phi) is 5.96. The average Bonchev–Trinajstić information content (AvgIpc) is 2.72. The van der Waals surface area contributed by atoms with E-state index in [-0.39, 0.29) is 5.91 Å². The van der Waals surface area contributed by atoms with Crippen LogP contribution in [0, 0.1) is 6.92 Å². The molecule has 1 heterocycles. The Morgan fingerprint density at radius 3 is 2.36 bits per heavy atom. The first-order valence-corrected chi connectivity index (χ1v) is 8.66. The van der Waals surface area contributed by atoms with Gasteiger partial charge in [-0.2, -0.15) is 0 Å². The van der Waals surface area contributed by atoms with Crippen molar-refractivity contribution in [2.75, 3.05) is 17.7 Å². The monoisotopic (exact) mass is 376 g/mol. The fourth-order valence-electron chi connectivity index (χ4n) is 2.55. The zero-order valence-corrected chi connectivity index (χ0v) is 15.6. The van der Waals surface area contributed by atoms with Gasteiger partial charge >= 0.3 is 5.97 Å². The Morgan fingerprint density at radius 2 is 1.71 bits per heavy atom. The van der Waals surface area contributed by atoms with Gasteiger partial charge in [0.25, 0.3) is 5.91 Å². The standard InChI is InChI=1S/C21H20N4O3/c1-14-4-3-5-15(10-14)11-22-21-23-12-17(13-24-21)19(26)25-18-8-6-16(7-9-18)20(27)28-2/h3-10,12-13H,11H2,1-2H3,(H,25,26)(H,22,23,24). The molecule has 0 radical (unpaired) electrons. The van der Waals surface area contributed by atoms with Crippen LogP contribution in [0.3, 0.4) is 0 Å². The second-order valence-electron chi connectivity index (χ2n) is 6.16. The van der Waals surface area contributed by atoms with Crippen molar-refractivity contribution in [2.45, 2.75) is 13.5 Å². The van der Waals surface area contributed by atoms with Crippen LogP contribution in [-0.2, 0) is 11.3 Å². The first-order valence-electron chi connectivity index (χ1n) is 8.66. The highest BCUT2D eigenvalue weighted by atomic mass is 16.5. The number of aromatic nitrogens is 2. The summed E-state index contributed by atoms with van der Waals surface area (Å²) >= 11 is 0. The molecule has 0 fully saturated rings. The topological polar surface area (TPSA) is 93.2 Å². The highest BCUT2D eigenvalue weighted by Crippen LogP contribution is 2.12. The molecule has 28 heavy (non-hydrogen) atoms. The number of ether oxygens (including phenoxy) is 1. The number of nitrogens with zero attached hydrogens (tertiary/aromatic N) is 2. The van der Waals surface area contributed by atoms with E-state index >= 15 is 0 Å². The summed E-state index contributed by atoms with van der Waals surface area (Å²) in [5.41, 5.74) is 3.61. The minimum Gasteiger partial charge on any atom is -0.465 e. The van der Waals surface area contributed by atoms with Crippen LogP contribution in [-0.4, -0.2) is 29.0 Å². The van der Waals surface area contributed by atoms with Gasteiger partial charge in [0.05, 0.1) is 18.2 Å². The lowest BCUT2D eigenvalue weighted by Crippen LogP contribution is -2.13. The summed E-state index contributed by atoms with van der Waals surface area (Å²) in [7, 11) is 1.32. The summed E-state index contributed by atoms with van der Waals surface area (Å²) in [6.07, 6.45) is 2.92. The number of carbonyl (C=O) groups is 2. The zero-order valence-electron chi connectivity index (χ0n) is 15.6. The third-order valence-electron chi connectivity index (χ3n) is 4.01. The highest BCUT2D eigenvalue weighted by Gasteiger charge is 2.09. The van der Waals surface area contributed by atoms with Crippen molar-refractivity contribution in [3.63, 3.8) is 0 Å². The predicted octanol–water partition coefficient (Wildman–Crippen LogP) is 3.44. The van der Waals surface area contributed by atoms with Crippen LogP contribution < -0.4 is 10.6 Å². The van der Waals surface area contributed by atoms with Crippen LogP contribution >= 0.6 is 0 Å². The molecule has 0 spiro atoms. The molecule has 0 atom stereocenters. The van der Waals surface area contributed by atoms with Crippen LogP contribution in [0.15, 0.2) is 60.9 Å². The van der Waals surface area contributed by atoms with Gasteiger partial charge < -0.3 is 15.4 Å². The fraction of sp³-hybridized carbons (Fsp3) is 0.143. The summed E-state index contributed by atoms with van der Waals surface area (Å²) < 4.78 is 4.64. The number of carbonyl (C=O) groups excluding carboxylic acids is 2. The number of hydrogen-bond acceptors (Lipinski definition) is 6. The van der Waals surface area contributed by atoms with E-state index in [0.29, 0.717) is 29.3 Å². The molecule has 0 bridgehead atoms. The van der Waals surface area contributed by atoms with E-state index in [0.717, 1.165) is 5.56 Å². The van der Waals surface area contributed by atoms with Gasteiger partial charge in [-0.25, -0.2) is 14.8 Å². The van der Waals surface area contributed by atoms with Crippen molar-refractivity contribution in [2.24, 2.45) is 0 Å². The normalized spacial score (nSPS) is 10.2. The minimum atomic E-state index is -0.431. The van der Waals surface area contributed by atoms with Gasteiger partial charge in [-0.15, -0.1) is 0 Å². The third-order valence-corrected chi connectivity index (χ3v) is 4.01. The van der Waals surface area contributed by atoms with Gasteiger partial charge in [-0.1, -0.05) is 29.8 Å². The number of methoxy groups -OCH3 is 1. The number of esters is 1. The number of hydrogen-bond donors (Lipinski definition) is 2. The number of nitrogens with one attached hydrogen (secondary N) is 2. The number of benzene rings is 2. The molecule has 142 valence electrons. The molecule has 0 aliphatic heterocycles. The van der Waals surface area contributed by atoms with E-state index in [9.17, 15) is 9.59 Å². The van der Waals surface area contributed by atoms with Crippen LogP contribution in [0.4, 0.5) is 11.6 Å². The summed E-state index contributed by atoms with van der Waals surface area (Å²) in [5.74, 6) is -0.323. The maximum absolute atomic E-state index is 12.3. The summed E-state index contributed by atoms with van der Waals surface area (Å²) in [6.45, 7) is 2.64. The predicted molar refractivity (Wildman–Crippen MR) is 106 cm³/mol. The van der Waals surface area contributed by atoms with Gasteiger partial charge in [0.1, 0.15) is 0 Å². The molecule has 3 aromatic rings. The molecule has 0 saturated carbocycles. The Bertz CT molecular complexity index is 970. The molecule has 0 aliphatic carbocycles. The van der Waals surface area contributed by atoms with Crippen molar-refractivity contribution in [1.29, 1.82) is 0 Å². The van der Waals surface area contributed by atoms with Gasteiger partial charge in [0, 0.05) is 24.6 Å². The van der Waals surface area contributed by atoms with E-state index in [2.05, 4.69) is 31.4 Å². The highest BCUT2D eigenvalue weighted by molar-refractivity contribution is 6.04. The number of anilines is 2. The summed E-state index contributed by atoms with van der Waals surface area (Å²) in [5, 5.41) is 5.86. The third kappa shape index (κ3) is 4.91. The Balaban J connectivity index is 1.58. The largest absolute Gasteiger partial charge is 0.465 e. The first kappa shape index (κ1) is 19.0. The molecule has 2 aromatic carbocycles. The number of aryl methyl sites for hydroxylation is 1. The van der Waals surface area contributed by atoms with Gasteiger partial charge in [-0.3, -0.25) is 4.79 Å². The molecule has 0 saturated heterocycles. The SMILES string of the molecule is COC(=O)c1ccc(NC(=O)c2cnc(NCc3cccc(C)c3)nc2)cc1. The van der Waals surface area contributed by atoms with Crippen LogP contribution in [0.1, 0.15) is 31.8 Å². The van der Waals surface area contributed by atoms with Crippen LogP contribution in [0.5, 0.6) is 0 Å². The lowest BCUT2D eigenvalue weighted by atomic mass is 10.1. The van der Waals surface area contributed by atoms with E-state index in [1.54, 1.807) is 24.3 Å². The second-order valence-corrected chi connectivity index (χ2v) is 6.16. The maximum Gasteiger partial charge on any atom is 0.337 e. The number of amides is 1. The smallest absolute Gasteiger partial charge is 0.337 e. The molecule has 7 nitrogen and oxygen atoms in total. The second kappa shape index (κ2) is 8.77. The minimum absolute atomic E-state index is 0.332. The maximum atomic E-state index is 12.3. The van der Waals surface area contributed by atoms with E-state index in [1.807, 2.05) is 25.1 Å². The molecule has 0 aliphatic rings. The molecule has 2 N–H and O–H groups in total. The van der Waals surface area contributed by atoms with Crippen molar-refractivity contribution >= 4 is 23.5 Å². The van der Waals surface area contributed by atoms with E-state index in [4.69, 9.17) is 0 Å². The van der Waals surface area contributed by atoms with E-state index < -0.39 is 5.97 Å². The summed E-state index contributed by atoms with van der Waals surface area (Å²) in [4.78, 5) is 32.1. The van der Waals surface area contributed by atoms with Crippen molar-refractivity contribution in [3.8, 4) is 0 Å². The molecule has 3 rings (SSSR count). The fourth-order valence-corrected chi connectivity index (χ4v) is 2.55. The lowest BCUT2D eigenvalue weighted by Gasteiger charge is -2.08. The molecular formula is C21H20N4O3. The quantitative estimate of drug-likeness (QED) is 0.640. The number of rotatable bonds is 6. The van der Waals surface area contributed by atoms with Crippen LogP contribution in [0.25, 0.3) is 0 Å². The van der Waals surface area contributed by atoms with Gasteiger partial charge in [0.2, 0.25) is 5.95 Å². The van der Waals surface area contributed by atoms with Gasteiger partial charge in [0.15, 0.2) is 0 Å². The molecule has 7 heteroatoms.